The van der Waals surface area contributed by atoms with Crippen LogP contribution in [0.15, 0.2) is 0 Å². The summed E-state index contributed by atoms with van der Waals surface area (Å²) < 4.78 is 24.0. The largest absolute Gasteiger partial charge is 0.465 e. The van der Waals surface area contributed by atoms with Crippen LogP contribution in [-0.2, 0) is 28.5 Å². The summed E-state index contributed by atoms with van der Waals surface area (Å²) >= 11 is 2.20. The van der Waals surface area contributed by atoms with E-state index >= 15 is 0 Å². The van der Waals surface area contributed by atoms with Crippen molar-refractivity contribution in [1.82, 2.24) is 0 Å². The molecule has 188 valence electrons. The Morgan fingerprint density at radius 3 is 2.48 bits per heavy atom. The van der Waals surface area contributed by atoms with Crippen molar-refractivity contribution in [2.24, 2.45) is 28.6 Å². The first kappa shape index (κ1) is 25.6. The Bertz CT molecular complexity index is 764. The van der Waals surface area contributed by atoms with E-state index in [-0.39, 0.29) is 35.9 Å². The van der Waals surface area contributed by atoms with Crippen LogP contribution in [0.4, 0.5) is 0 Å². The van der Waals surface area contributed by atoms with Crippen molar-refractivity contribution >= 4 is 34.5 Å². The predicted molar refractivity (Wildman–Crippen MR) is 126 cm³/mol. The Hall–Kier alpha value is -0.490. The molecule has 4 rings (SSSR count). The molecule has 0 spiro atoms. The lowest BCUT2D eigenvalue weighted by atomic mass is 9.41. The molecule has 2 heterocycles. The molecule has 8 nitrogen and oxygen atoms in total. The SMILES string of the molecule is CC(=O)OC[C@@]12[C@@H](OC(C)=O)C[C@@H](C)[C@](C)(C3C[C@H]4CC(O)O[C@H]4O3)[C@H]1CCC[C@]2(O)CI. The van der Waals surface area contributed by atoms with E-state index in [1.54, 1.807) is 0 Å². The van der Waals surface area contributed by atoms with Gasteiger partial charge in [-0.3, -0.25) is 9.59 Å². The van der Waals surface area contributed by atoms with Crippen molar-refractivity contribution in [1.29, 1.82) is 0 Å². The zero-order valence-corrected chi connectivity index (χ0v) is 22.1. The molecule has 10 atom stereocenters. The number of hydrogen-bond acceptors (Lipinski definition) is 8. The van der Waals surface area contributed by atoms with Crippen molar-refractivity contribution < 1.29 is 38.7 Å². The number of aliphatic hydroxyl groups excluding tert-OH is 1. The second-order valence-electron chi connectivity index (χ2n) is 10.8. The maximum Gasteiger partial charge on any atom is 0.302 e. The molecule has 2 N–H and O–H groups in total. The summed E-state index contributed by atoms with van der Waals surface area (Å²) in [6.45, 7) is 7.14. The van der Waals surface area contributed by atoms with E-state index < -0.39 is 41.6 Å². The van der Waals surface area contributed by atoms with Gasteiger partial charge in [0.25, 0.3) is 0 Å². The third kappa shape index (κ3) is 4.03. The third-order valence-corrected chi connectivity index (χ3v) is 10.5. The lowest BCUT2D eigenvalue weighted by Crippen LogP contribution is -2.72. The summed E-state index contributed by atoms with van der Waals surface area (Å²) in [5.74, 6) is -0.648. The number of alkyl halides is 1. The van der Waals surface area contributed by atoms with Crippen molar-refractivity contribution in [3.63, 3.8) is 0 Å². The highest BCUT2D eigenvalue weighted by atomic mass is 127. The van der Waals surface area contributed by atoms with Crippen LogP contribution in [0.3, 0.4) is 0 Å². The van der Waals surface area contributed by atoms with E-state index in [0.717, 1.165) is 19.3 Å². The average Bonchev–Trinajstić information content (AvgIpc) is 3.28. The molecule has 2 unspecified atom stereocenters. The molecular weight excluding hydrogens is 543 g/mol. The van der Waals surface area contributed by atoms with Gasteiger partial charge in [-0.25, -0.2) is 0 Å². The summed E-state index contributed by atoms with van der Waals surface area (Å²) in [4.78, 5) is 24.1. The van der Waals surface area contributed by atoms with E-state index in [0.29, 0.717) is 23.7 Å². The Labute approximate surface area is 209 Å². The molecule has 0 radical (unpaired) electrons. The van der Waals surface area contributed by atoms with Crippen LogP contribution in [-0.4, -0.2) is 63.6 Å². The van der Waals surface area contributed by atoms with Gasteiger partial charge in [-0.2, -0.15) is 0 Å². The first-order valence-corrected chi connectivity index (χ1v) is 13.6. The van der Waals surface area contributed by atoms with Crippen LogP contribution >= 0.6 is 22.6 Å². The lowest BCUT2D eigenvalue weighted by molar-refractivity contribution is -0.289. The van der Waals surface area contributed by atoms with Gasteiger partial charge >= 0.3 is 11.9 Å². The topological polar surface area (TPSA) is 112 Å². The first-order chi connectivity index (χ1) is 15.5. The second kappa shape index (κ2) is 9.19. The number of rotatable bonds is 5. The molecule has 4 aliphatic rings. The van der Waals surface area contributed by atoms with Crippen LogP contribution in [0, 0.1) is 28.6 Å². The van der Waals surface area contributed by atoms with Crippen molar-refractivity contribution in [2.45, 2.75) is 96.6 Å². The van der Waals surface area contributed by atoms with Gasteiger partial charge in [-0.1, -0.05) is 42.9 Å². The fraction of sp³-hybridized carbons (Fsp3) is 0.917. The molecule has 2 saturated carbocycles. The highest BCUT2D eigenvalue weighted by Gasteiger charge is 2.71. The van der Waals surface area contributed by atoms with Crippen LogP contribution < -0.4 is 0 Å². The molecule has 0 aromatic rings. The van der Waals surface area contributed by atoms with E-state index in [4.69, 9.17) is 18.9 Å². The Kier molecular flexibility index (Phi) is 7.12. The van der Waals surface area contributed by atoms with E-state index in [1.807, 2.05) is 0 Å². The Balaban J connectivity index is 1.79. The molecule has 0 aromatic heterocycles. The highest BCUT2D eigenvalue weighted by molar-refractivity contribution is 14.1. The molecule has 0 aromatic carbocycles. The van der Waals surface area contributed by atoms with Gasteiger partial charge in [0.15, 0.2) is 12.6 Å². The number of carbonyl (C=O) groups is 2. The minimum absolute atomic E-state index is 0.00154. The van der Waals surface area contributed by atoms with Crippen LogP contribution in [0.2, 0.25) is 0 Å². The standard InChI is InChI=1S/C24H37IO8/c1-13-8-19(31-15(3)27)24(12-30-14(2)26)17(6-5-7-23(24,29)11-25)22(13,4)18-9-16-10-20(28)33-21(16)32-18/h13,16-21,28-29H,5-12H2,1-4H3/t13-,16+,17-,18?,19+,20?,21-,22+,23+,24+/m1/s1. The van der Waals surface area contributed by atoms with Crippen molar-refractivity contribution in [3.05, 3.63) is 0 Å². The molecule has 33 heavy (non-hydrogen) atoms. The summed E-state index contributed by atoms with van der Waals surface area (Å²) in [5, 5.41) is 22.0. The second-order valence-corrected chi connectivity index (χ2v) is 11.6. The number of aliphatic hydroxyl groups is 2. The Morgan fingerprint density at radius 2 is 1.88 bits per heavy atom. The molecule has 4 fully saturated rings. The monoisotopic (exact) mass is 580 g/mol. The number of halogens is 1. The molecule has 2 saturated heterocycles. The lowest BCUT2D eigenvalue weighted by Gasteiger charge is -2.66. The normalized spacial score (nSPS) is 49.2. The molecule has 2 aliphatic heterocycles. The zero-order valence-electron chi connectivity index (χ0n) is 19.9. The van der Waals surface area contributed by atoms with Crippen molar-refractivity contribution in [2.75, 3.05) is 11.0 Å². The average molecular weight is 580 g/mol. The molecule has 2 aliphatic carbocycles. The van der Waals surface area contributed by atoms with Gasteiger partial charge in [-0.15, -0.1) is 0 Å². The summed E-state index contributed by atoms with van der Waals surface area (Å²) in [6.07, 6.45) is 2.17. The Morgan fingerprint density at radius 1 is 1.15 bits per heavy atom. The van der Waals surface area contributed by atoms with Crippen molar-refractivity contribution in [3.8, 4) is 0 Å². The van der Waals surface area contributed by atoms with E-state index in [2.05, 4.69) is 36.4 Å². The summed E-state index contributed by atoms with van der Waals surface area (Å²) in [5.41, 5.74) is -2.46. The number of hydrogen-bond donors (Lipinski definition) is 2. The van der Waals surface area contributed by atoms with Gasteiger partial charge < -0.3 is 29.2 Å². The molecular formula is C24H37IO8. The maximum atomic E-state index is 12.2. The molecule has 0 bridgehead atoms. The zero-order chi connectivity index (χ0) is 24.2. The van der Waals surface area contributed by atoms with Gasteiger partial charge in [0.2, 0.25) is 0 Å². The number of carbonyl (C=O) groups excluding carboxylic acids is 2. The van der Waals surface area contributed by atoms with Gasteiger partial charge in [0, 0.05) is 36.0 Å². The minimum Gasteiger partial charge on any atom is -0.465 e. The maximum absolute atomic E-state index is 12.2. The van der Waals surface area contributed by atoms with Crippen LogP contribution in [0.1, 0.15) is 66.2 Å². The summed E-state index contributed by atoms with van der Waals surface area (Å²) in [6, 6.07) is 0. The van der Waals surface area contributed by atoms with E-state index in [9.17, 15) is 19.8 Å². The predicted octanol–water partition coefficient (Wildman–Crippen LogP) is 2.95. The van der Waals surface area contributed by atoms with Gasteiger partial charge in [0.05, 0.1) is 17.1 Å². The molecule has 9 heteroatoms. The van der Waals surface area contributed by atoms with Gasteiger partial charge in [0.1, 0.15) is 12.7 Å². The van der Waals surface area contributed by atoms with Crippen LogP contribution in [0.5, 0.6) is 0 Å². The summed E-state index contributed by atoms with van der Waals surface area (Å²) in [7, 11) is 0. The highest BCUT2D eigenvalue weighted by Crippen LogP contribution is 2.67. The van der Waals surface area contributed by atoms with Crippen LogP contribution in [0.25, 0.3) is 0 Å². The number of esters is 2. The minimum atomic E-state index is -1.16. The smallest absolute Gasteiger partial charge is 0.302 e. The number of fused-ring (bicyclic) bond motifs is 2. The fourth-order valence-corrected chi connectivity index (χ4v) is 8.59. The fourth-order valence-electron chi connectivity index (χ4n) is 7.50. The number of ether oxygens (including phenoxy) is 4. The first-order valence-electron chi connectivity index (χ1n) is 12.1. The quantitative estimate of drug-likeness (QED) is 0.290. The van der Waals surface area contributed by atoms with E-state index in [1.165, 1.54) is 13.8 Å². The van der Waals surface area contributed by atoms with Gasteiger partial charge in [-0.05, 0) is 37.5 Å². The third-order valence-electron chi connectivity index (χ3n) is 9.26. The molecule has 0 amide bonds.